The Hall–Kier alpha value is -1.89. The molecule has 0 aliphatic rings. The van der Waals surface area contributed by atoms with E-state index in [4.69, 9.17) is 0 Å². The zero-order valence-corrected chi connectivity index (χ0v) is 11.6. The molecule has 0 fully saturated rings. The smallest absolute Gasteiger partial charge is 0.324 e. The summed E-state index contributed by atoms with van der Waals surface area (Å²) < 4.78 is 3.25. The van der Waals surface area contributed by atoms with Crippen LogP contribution in [-0.2, 0) is 20.1 Å². The van der Waals surface area contributed by atoms with Gasteiger partial charge in [0.25, 0.3) is 5.56 Å². The van der Waals surface area contributed by atoms with Crippen LogP contribution >= 0.6 is 0 Å². The molecule has 0 amide bonds. The highest BCUT2D eigenvalue weighted by atomic mass is 16.2. The first-order chi connectivity index (χ1) is 8.95. The molecule has 0 aromatic carbocycles. The van der Waals surface area contributed by atoms with Gasteiger partial charge in [0.1, 0.15) is 5.82 Å². The normalized spacial score (nSPS) is 11.6. The van der Waals surface area contributed by atoms with E-state index in [1.165, 1.54) is 4.57 Å². The fraction of sp³-hybridized carbons (Fsp3) is 0.583. The summed E-state index contributed by atoms with van der Waals surface area (Å²) in [5.41, 5.74) is 0.0957. The molecule has 2 aromatic rings. The Morgan fingerprint density at radius 1 is 1.37 bits per heavy atom. The van der Waals surface area contributed by atoms with Gasteiger partial charge in [0.2, 0.25) is 0 Å². The summed E-state index contributed by atoms with van der Waals surface area (Å²) in [6.45, 7) is 5.10. The van der Waals surface area contributed by atoms with Crippen molar-refractivity contribution in [1.82, 2.24) is 24.4 Å². The molecule has 104 valence electrons. The number of H-pyrrole nitrogens is 1. The highest BCUT2D eigenvalue weighted by Crippen LogP contribution is 2.10. The highest BCUT2D eigenvalue weighted by Gasteiger charge is 2.16. The number of imidazole rings is 1. The maximum Gasteiger partial charge on any atom is 0.330 e. The molecule has 0 saturated heterocycles. The van der Waals surface area contributed by atoms with Crippen molar-refractivity contribution in [2.45, 2.75) is 26.9 Å². The van der Waals surface area contributed by atoms with Gasteiger partial charge in [-0.25, -0.2) is 9.78 Å². The SMILES string of the molecule is CNCc1nc2c(c(=O)[nH]c(=O)n2CC(C)C)n1C. The quantitative estimate of drug-likeness (QED) is 0.801. The van der Waals surface area contributed by atoms with Crippen molar-refractivity contribution in [3.63, 3.8) is 0 Å². The Bertz CT molecular complexity index is 707. The summed E-state index contributed by atoms with van der Waals surface area (Å²) in [7, 11) is 3.59. The van der Waals surface area contributed by atoms with E-state index in [2.05, 4.69) is 15.3 Å². The van der Waals surface area contributed by atoms with Crippen molar-refractivity contribution in [3.8, 4) is 0 Å². The van der Waals surface area contributed by atoms with Crippen LogP contribution in [-0.4, -0.2) is 26.1 Å². The van der Waals surface area contributed by atoms with E-state index in [1.54, 1.807) is 11.6 Å². The molecule has 7 nitrogen and oxygen atoms in total. The van der Waals surface area contributed by atoms with Gasteiger partial charge in [0.05, 0.1) is 6.54 Å². The van der Waals surface area contributed by atoms with Gasteiger partial charge < -0.3 is 9.88 Å². The molecule has 7 heteroatoms. The highest BCUT2D eigenvalue weighted by molar-refractivity contribution is 5.70. The molecule has 2 aromatic heterocycles. The number of fused-ring (bicyclic) bond motifs is 1. The molecule has 19 heavy (non-hydrogen) atoms. The number of aromatic amines is 1. The van der Waals surface area contributed by atoms with Crippen LogP contribution in [0, 0.1) is 5.92 Å². The molecule has 0 saturated carbocycles. The average molecular weight is 265 g/mol. The fourth-order valence-electron chi connectivity index (χ4n) is 2.14. The van der Waals surface area contributed by atoms with E-state index in [0.29, 0.717) is 30.2 Å². The van der Waals surface area contributed by atoms with Gasteiger partial charge in [0.15, 0.2) is 11.2 Å². The van der Waals surface area contributed by atoms with Crippen LogP contribution < -0.4 is 16.6 Å². The van der Waals surface area contributed by atoms with Gasteiger partial charge in [-0.1, -0.05) is 13.8 Å². The van der Waals surface area contributed by atoms with Crippen LogP contribution in [0.1, 0.15) is 19.7 Å². The van der Waals surface area contributed by atoms with Crippen molar-refractivity contribution in [3.05, 3.63) is 26.7 Å². The summed E-state index contributed by atoms with van der Waals surface area (Å²) in [6, 6.07) is 0. The fourth-order valence-corrected chi connectivity index (χ4v) is 2.14. The van der Waals surface area contributed by atoms with E-state index in [1.807, 2.05) is 20.9 Å². The molecular weight excluding hydrogens is 246 g/mol. The molecule has 0 aliphatic carbocycles. The van der Waals surface area contributed by atoms with Crippen LogP contribution in [0.25, 0.3) is 11.2 Å². The third-order valence-corrected chi connectivity index (χ3v) is 2.99. The third kappa shape index (κ3) is 2.33. The summed E-state index contributed by atoms with van der Waals surface area (Å²) in [5, 5.41) is 3.00. The largest absolute Gasteiger partial charge is 0.330 e. The second-order valence-corrected chi connectivity index (χ2v) is 5.05. The van der Waals surface area contributed by atoms with E-state index in [-0.39, 0.29) is 0 Å². The van der Waals surface area contributed by atoms with Gasteiger partial charge in [-0.2, -0.15) is 0 Å². The molecule has 0 spiro atoms. The van der Waals surface area contributed by atoms with Gasteiger partial charge in [-0.05, 0) is 13.0 Å². The number of rotatable bonds is 4. The first kappa shape index (κ1) is 13.5. The minimum absolute atomic E-state index is 0.293. The first-order valence-corrected chi connectivity index (χ1v) is 6.28. The number of aromatic nitrogens is 4. The molecule has 0 unspecified atom stereocenters. The molecule has 0 atom stereocenters. The van der Waals surface area contributed by atoms with Gasteiger partial charge in [0, 0.05) is 13.6 Å². The van der Waals surface area contributed by atoms with Crippen molar-refractivity contribution in [2.75, 3.05) is 7.05 Å². The number of nitrogens with one attached hydrogen (secondary N) is 2. The molecule has 2 heterocycles. The Morgan fingerprint density at radius 3 is 2.63 bits per heavy atom. The van der Waals surface area contributed by atoms with Gasteiger partial charge in [-0.15, -0.1) is 0 Å². The lowest BCUT2D eigenvalue weighted by atomic mass is 10.2. The third-order valence-electron chi connectivity index (χ3n) is 2.99. The predicted octanol–water partition coefficient (Wildman–Crippen LogP) is -0.201. The monoisotopic (exact) mass is 265 g/mol. The van der Waals surface area contributed by atoms with E-state index < -0.39 is 11.2 Å². The Balaban J connectivity index is 2.78. The maximum absolute atomic E-state index is 11.9. The van der Waals surface area contributed by atoms with Crippen molar-refractivity contribution in [2.24, 2.45) is 13.0 Å². The number of hydrogen-bond acceptors (Lipinski definition) is 4. The number of nitrogens with zero attached hydrogens (tertiary/aromatic N) is 3. The van der Waals surface area contributed by atoms with E-state index >= 15 is 0 Å². The second-order valence-electron chi connectivity index (χ2n) is 5.05. The summed E-state index contributed by atoms with van der Waals surface area (Å²) in [4.78, 5) is 30.6. The predicted molar refractivity (Wildman–Crippen MR) is 73.2 cm³/mol. The van der Waals surface area contributed by atoms with Crippen LogP contribution in [0.4, 0.5) is 0 Å². The zero-order valence-electron chi connectivity index (χ0n) is 11.6. The minimum atomic E-state index is -0.402. The molecule has 0 aliphatic heterocycles. The van der Waals surface area contributed by atoms with E-state index in [9.17, 15) is 9.59 Å². The lowest BCUT2D eigenvalue weighted by Gasteiger charge is -2.08. The zero-order chi connectivity index (χ0) is 14.2. The lowest BCUT2D eigenvalue weighted by molar-refractivity contribution is 0.513. The summed E-state index contributed by atoms with van der Waals surface area (Å²) >= 11 is 0. The number of aryl methyl sites for hydroxylation is 1. The molecule has 0 radical (unpaired) electrons. The van der Waals surface area contributed by atoms with Gasteiger partial charge in [-0.3, -0.25) is 14.3 Å². The Labute approximate surface area is 110 Å². The van der Waals surface area contributed by atoms with Crippen molar-refractivity contribution >= 4 is 11.2 Å². The molecule has 2 rings (SSSR count). The van der Waals surface area contributed by atoms with Crippen LogP contribution in [0.3, 0.4) is 0 Å². The van der Waals surface area contributed by atoms with Crippen LogP contribution in [0.5, 0.6) is 0 Å². The molecule has 2 N–H and O–H groups in total. The first-order valence-electron chi connectivity index (χ1n) is 6.28. The Kier molecular flexibility index (Phi) is 3.57. The average Bonchev–Trinajstić information content (AvgIpc) is 2.63. The topological polar surface area (TPSA) is 84.7 Å². The van der Waals surface area contributed by atoms with Crippen molar-refractivity contribution in [1.29, 1.82) is 0 Å². The molecular formula is C12H19N5O2. The summed E-state index contributed by atoms with van der Waals surface area (Å²) in [5.74, 6) is 1.02. The Morgan fingerprint density at radius 2 is 2.05 bits per heavy atom. The van der Waals surface area contributed by atoms with Crippen molar-refractivity contribution < 1.29 is 0 Å². The van der Waals surface area contributed by atoms with E-state index in [0.717, 1.165) is 5.82 Å². The second kappa shape index (κ2) is 5.00. The maximum atomic E-state index is 11.9. The van der Waals surface area contributed by atoms with Crippen LogP contribution in [0.2, 0.25) is 0 Å². The summed E-state index contributed by atoms with van der Waals surface area (Å²) in [6.07, 6.45) is 0. The standard InChI is InChI=1S/C12H19N5O2/c1-7(2)6-17-10-9(11(18)15-12(17)19)16(4)8(14-10)5-13-3/h7,13H,5-6H2,1-4H3,(H,15,18,19). The number of hydrogen-bond donors (Lipinski definition) is 2. The van der Waals surface area contributed by atoms with Crippen LogP contribution in [0.15, 0.2) is 9.59 Å². The van der Waals surface area contributed by atoms with Gasteiger partial charge >= 0.3 is 5.69 Å². The minimum Gasteiger partial charge on any atom is -0.324 e. The lowest BCUT2D eigenvalue weighted by Crippen LogP contribution is -2.32. The molecule has 0 bridgehead atoms.